The molecular formula is C12H17ClN2O. The van der Waals surface area contributed by atoms with E-state index in [2.05, 4.69) is 0 Å². The Morgan fingerprint density at radius 2 is 2.00 bits per heavy atom. The van der Waals surface area contributed by atoms with Crippen molar-refractivity contribution >= 4 is 17.5 Å². The summed E-state index contributed by atoms with van der Waals surface area (Å²) in [4.78, 5) is 13.4. The molecule has 0 aliphatic carbocycles. The summed E-state index contributed by atoms with van der Waals surface area (Å²) in [6, 6.07) is 7.04. The third-order valence-corrected chi connectivity index (χ3v) is 2.72. The first-order valence-electron chi connectivity index (χ1n) is 5.29. The van der Waals surface area contributed by atoms with Gasteiger partial charge in [0, 0.05) is 18.6 Å². The molecule has 0 radical (unpaired) electrons. The summed E-state index contributed by atoms with van der Waals surface area (Å²) >= 11 is 5.78. The molecule has 1 aromatic rings. The Morgan fingerprint density at radius 1 is 1.44 bits per heavy atom. The van der Waals surface area contributed by atoms with Gasteiger partial charge in [-0.3, -0.25) is 4.79 Å². The van der Waals surface area contributed by atoms with Crippen LogP contribution in [0.3, 0.4) is 0 Å². The van der Waals surface area contributed by atoms with Crippen LogP contribution in [0.25, 0.3) is 0 Å². The number of likely N-dealkylation sites (N-methyl/N-ethyl adjacent to an activating group) is 1. The Hall–Kier alpha value is -1.06. The molecule has 0 spiro atoms. The van der Waals surface area contributed by atoms with Crippen molar-refractivity contribution in [3.63, 3.8) is 0 Å². The number of hydrogen-bond acceptors (Lipinski definition) is 2. The maximum Gasteiger partial charge on any atom is 0.239 e. The summed E-state index contributed by atoms with van der Waals surface area (Å²) in [6.45, 7) is 2.46. The minimum Gasteiger partial charge on any atom is -0.340 e. The van der Waals surface area contributed by atoms with Crippen molar-refractivity contribution in [2.75, 3.05) is 7.05 Å². The second-order valence-electron chi connectivity index (χ2n) is 3.84. The number of nitrogens with two attached hydrogens (primary N) is 1. The molecule has 0 saturated carbocycles. The van der Waals surface area contributed by atoms with Crippen LogP contribution >= 0.6 is 11.6 Å². The Kier molecular flexibility index (Phi) is 4.77. The molecule has 0 saturated heterocycles. The Labute approximate surface area is 101 Å². The summed E-state index contributed by atoms with van der Waals surface area (Å²) in [6.07, 6.45) is 0.657. The van der Waals surface area contributed by atoms with Crippen molar-refractivity contribution in [3.8, 4) is 0 Å². The Morgan fingerprint density at radius 3 is 2.50 bits per heavy atom. The summed E-state index contributed by atoms with van der Waals surface area (Å²) in [5.74, 6) is -0.0301. The molecule has 3 nitrogen and oxygen atoms in total. The van der Waals surface area contributed by atoms with E-state index in [9.17, 15) is 4.79 Å². The first-order valence-corrected chi connectivity index (χ1v) is 5.67. The van der Waals surface area contributed by atoms with Gasteiger partial charge in [-0.15, -0.1) is 0 Å². The number of rotatable bonds is 4. The van der Waals surface area contributed by atoms with Crippen molar-refractivity contribution in [1.29, 1.82) is 0 Å². The van der Waals surface area contributed by atoms with E-state index in [1.165, 1.54) is 0 Å². The van der Waals surface area contributed by atoms with E-state index in [0.717, 1.165) is 5.56 Å². The average Bonchev–Trinajstić information content (AvgIpc) is 2.30. The second-order valence-corrected chi connectivity index (χ2v) is 4.27. The smallest absolute Gasteiger partial charge is 0.239 e. The fourth-order valence-electron chi connectivity index (χ4n) is 1.40. The minimum atomic E-state index is -0.405. The molecule has 0 fully saturated rings. The largest absolute Gasteiger partial charge is 0.340 e. The minimum absolute atomic E-state index is 0.0301. The fourth-order valence-corrected chi connectivity index (χ4v) is 1.53. The lowest BCUT2D eigenvalue weighted by Crippen LogP contribution is -2.40. The van der Waals surface area contributed by atoms with E-state index in [0.29, 0.717) is 18.0 Å². The summed E-state index contributed by atoms with van der Waals surface area (Å²) < 4.78 is 0. The third-order valence-electron chi connectivity index (χ3n) is 2.47. The van der Waals surface area contributed by atoms with Crippen LogP contribution in [-0.4, -0.2) is 23.9 Å². The van der Waals surface area contributed by atoms with Crippen LogP contribution in [0.4, 0.5) is 0 Å². The number of halogens is 1. The lowest BCUT2D eigenvalue weighted by Gasteiger charge is -2.20. The average molecular weight is 241 g/mol. The highest BCUT2D eigenvalue weighted by atomic mass is 35.5. The van der Waals surface area contributed by atoms with Gasteiger partial charge in [0.25, 0.3) is 0 Å². The molecule has 1 aromatic carbocycles. The molecule has 88 valence electrons. The van der Waals surface area contributed by atoms with Crippen LogP contribution in [0.5, 0.6) is 0 Å². The lowest BCUT2D eigenvalue weighted by molar-refractivity contribution is -0.131. The van der Waals surface area contributed by atoms with Crippen molar-refractivity contribution in [1.82, 2.24) is 4.90 Å². The number of hydrogen-bond donors (Lipinski definition) is 1. The molecule has 1 rings (SSSR count). The van der Waals surface area contributed by atoms with E-state index >= 15 is 0 Å². The van der Waals surface area contributed by atoms with Gasteiger partial charge in [0.15, 0.2) is 0 Å². The molecular weight excluding hydrogens is 224 g/mol. The highest BCUT2D eigenvalue weighted by Crippen LogP contribution is 2.11. The zero-order valence-electron chi connectivity index (χ0n) is 9.61. The maximum absolute atomic E-state index is 11.7. The van der Waals surface area contributed by atoms with Crippen molar-refractivity contribution in [3.05, 3.63) is 34.9 Å². The van der Waals surface area contributed by atoms with Gasteiger partial charge in [0.05, 0.1) is 6.04 Å². The van der Waals surface area contributed by atoms with Crippen molar-refractivity contribution < 1.29 is 4.79 Å². The van der Waals surface area contributed by atoms with Crippen molar-refractivity contribution in [2.24, 2.45) is 5.73 Å². The summed E-state index contributed by atoms with van der Waals surface area (Å²) in [7, 11) is 1.76. The standard InChI is InChI=1S/C12H17ClN2O/c1-3-11(14)12(16)15(2)8-9-4-6-10(13)7-5-9/h4-7,11H,3,8,14H2,1-2H3. The van der Waals surface area contributed by atoms with Gasteiger partial charge < -0.3 is 10.6 Å². The van der Waals surface area contributed by atoms with Gasteiger partial charge in [-0.05, 0) is 24.1 Å². The van der Waals surface area contributed by atoms with Crippen LogP contribution in [0.1, 0.15) is 18.9 Å². The summed E-state index contributed by atoms with van der Waals surface area (Å²) in [5.41, 5.74) is 6.73. The molecule has 1 atom stereocenters. The zero-order chi connectivity index (χ0) is 12.1. The van der Waals surface area contributed by atoms with E-state index in [-0.39, 0.29) is 5.91 Å². The van der Waals surface area contributed by atoms with E-state index < -0.39 is 6.04 Å². The van der Waals surface area contributed by atoms with Crippen LogP contribution < -0.4 is 5.73 Å². The van der Waals surface area contributed by atoms with Gasteiger partial charge >= 0.3 is 0 Å². The molecule has 1 unspecified atom stereocenters. The van der Waals surface area contributed by atoms with E-state index in [4.69, 9.17) is 17.3 Å². The normalized spacial score (nSPS) is 12.2. The van der Waals surface area contributed by atoms with E-state index in [1.54, 1.807) is 11.9 Å². The predicted octanol–water partition coefficient (Wildman–Crippen LogP) is 2.04. The lowest BCUT2D eigenvalue weighted by atomic mass is 10.2. The molecule has 4 heteroatoms. The highest BCUT2D eigenvalue weighted by molar-refractivity contribution is 6.30. The van der Waals surface area contributed by atoms with E-state index in [1.807, 2.05) is 31.2 Å². The Bertz CT molecular complexity index is 351. The molecule has 2 N–H and O–H groups in total. The Balaban J connectivity index is 2.60. The van der Waals surface area contributed by atoms with Gasteiger partial charge in [0.2, 0.25) is 5.91 Å². The van der Waals surface area contributed by atoms with Crippen LogP contribution in [0.2, 0.25) is 5.02 Å². The van der Waals surface area contributed by atoms with Crippen molar-refractivity contribution in [2.45, 2.75) is 25.9 Å². The molecule has 0 aliphatic heterocycles. The third kappa shape index (κ3) is 3.51. The first kappa shape index (κ1) is 13.0. The highest BCUT2D eigenvalue weighted by Gasteiger charge is 2.15. The molecule has 0 bridgehead atoms. The molecule has 0 aliphatic rings. The zero-order valence-corrected chi connectivity index (χ0v) is 10.4. The van der Waals surface area contributed by atoms with Crippen LogP contribution in [0, 0.1) is 0 Å². The molecule has 1 amide bonds. The molecule has 0 aromatic heterocycles. The number of carbonyl (C=O) groups excluding carboxylic acids is 1. The van der Waals surface area contributed by atoms with Gasteiger partial charge in [-0.25, -0.2) is 0 Å². The van der Waals surface area contributed by atoms with Gasteiger partial charge in [0.1, 0.15) is 0 Å². The monoisotopic (exact) mass is 240 g/mol. The second kappa shape index (κ2) is 5.87. The summed E-state index contributed by atoms with van der Waals surface area (Å²) in [5, 5.41) is 0.697. The molecule has 16 heavy (non-hydrogen) atoms. The topological polar surface area (TPSA) is 46.3 Å². The number of carbonyl (C=O) groups is 1. The first-order chi connectivity index (χ1) is 7.54. The molecule has 0 heterocycles. The quantitative estimate of drug-likeness (QED) is 0.876. The SMILES string of the molecule is CCC(N)C(=O)N(C)Cc1ccc(Cl)cc1. The number of nitrogens with zero attached hydrogens (tertiary/aromatic N) is 1. The fraction of sp³-hybridized carbons (Fsp3) is 0.417. The number of benzene rings is 1. The maximum atomic E-state index is 11.7. The van der Waals surface area contributed by atoms with Gasteiger partial charge in [-0.2, -0.15) is 0 Å². The van der Waals surface area contributed by atoms with Gasteiger partial charge in [-0.1, -0.05) is 30.7 Å². The van der Waals surface area contributed by atoms with Crippen LogP contribution in [0.15, 0.2) is 24.3 Å². The number of amides is 1. The predicted molar refractivity (Wildman–Crippen MR) is 66.2 cm³/mol. The van der Waals surface area contributed by atoms with Crippen LogP contribution in [-0.2, 0) is 11.3 Å².